The number of carbonyl (C=O) groups excluding carboxylic acids is 1. The smallest absolute Gasteiger partial charge is 0.239 e. The van der Waals surface area contributed by atoms with Gasteiger partial charge in [0.05, 0.1) is 60.8 Å². The van der Waals surface area contributed by atoms with Crippen molar-refractivity contribution in [3.8, 4) is 5.75 Å². The van der Waals surface area contributed by atoms with Gasteiger partial charge in [0.25, 0.3) is 0 Å². The Morgan fingerprint density at radius 1 is 1.23 bits per heavy atom. The summed E-state index contributed by atoms with van der Waals surface area (Å²) >= 11 is 6.13. The highest BCUT2D eigenvalue weighted by molar-refractivity contribution is 6.32. The van der Waals surface area contributed by atoms with E-state index in [2.05, 4.69) is 20.9 Å². The van der Waals surface area contributed by atoms with Crippen molar-refractivity contribution < 1.29 is 39.1 Å². The first-order valence-corrected chi connectivity index (χ1v) is 11.9. The van der Waals surface area contributed by atoms with E-state index in [9.17, 15) is 20.1 Å². The molecule has 0 radical (unpaired) electrons. The minimum absolute atomic E-state index is 0.0937. The Morgan fingerprint density at radius 2 is 1.94 bits per heavy atom. The summed E-state index contributed by atoms with van der Waals surface area (Å²) in [5, 5.41) is 42.2. The molecule has 1 aliphatic carbocycles. The zero-order valence-electron chi connectivity index (χ0n) is 20.0. The number of aliphatic hydroxyl groups is 3. The van der Waals surface area contributed by atoms with Gasteiger partial charge in [0, 0.05) is 0 Å². The number of halogens is 1. The van der Waals surface area contributed by atoms with Crippen molar-refractivity contribution in [3.05, 3.63) is 23.0 Å². The largest absolute Gasteiger partial charge is 0.494 e. The fourth-order valence-electron chi connectivity index (χ4n) is 5.13. The van der Waals surface area contributed by atoms with E-state index < -0.39 is 60.5 Å². The molecule has 4 rings (SSSR count). The minimum Gasteiger partial charge on any atom is -0.494 e. The molecule has 0 aromatic carbocycles. The molecule has 196 valence electrons. The molecule has 0 bridgehead atoms. The summed E-state index contributed by atoms with van der Waals surface area (Å²) in [5.74, 6) is -2.08. The van der Waals surface area contributed by atoms with Crippen LogP contribution in [0.2, 0.25) is 5.02 Å². The lowest BCUT2D eigenvalue weighted by molar-refractivity contribution is -0.449. The van der Waals surface area contributed by atoms with Gasteiger partial charge in [0.1, 0.15) is 18.3 Å². The molecule has 0 spiro atoms. The van der Waals surface area contributed by atoms with Crippen LogP contribution in [0.15, 0.2) is 12.3 Å². The number of nitrogens with one attached hydrogen (secondary N) is 3. The van der Waals surface area contributed by atoms with E-state index >= 15 is 0 Å². The Morgan fingerprint density at radius 3 is 2.57 bits per heavy atom. The maximum Gasteiger partial charge on any atom is 0.239 e. The number of aromatic nitrogens is 1. The van der Waals surface area contributed by atoms with Gasteiger partial charge in [0.2, 0.25) is 18.0 Å². The van der Waals surface area contributed by atoms with Crippen LogP contribution in [0.3, 0.4) is 0 Å². The summed E-state index contributed by atoms with van der Waals surface area (Å²) in [6.45, 7) is 1.78. The predicted molar refractivity (Wildman–Crippen MR) is 123 cm³/mol. The van der Waals surface area contributed by atoms with E-state index in [1.807, 2.05) is 0 Å². The SMILES string of the molecule is CN[C@@H]1[C@H](O)[C@H](NC)[C@H]2O[C@]3(O)[C@H](O[C@@H]2[C@H]1O)O[C@H](C)C[C@H]3NC(=O)Cc1cc(Cl)c(OC)cn1. The number of hydrogen-bond acceptors (Lipinski definition) is 11. The Bertz CT molecular complexity index is 927. The van der Waals surface area contributed by atoms with E-state index in [1.54, 1.807) is 21.0 Å². The van der Waals surface area contributed by atoms with Crippen LogP contribution in [-0.4, -0.2) is 108 Å². The van der Waals surface area contributed by atoms with Crippen molar-refractivity contribution >= 4 is 17.5 Å². The third kappa shape index (κ3) is 4.87. The Kier molecular flexibility index (Phi) is 7.86. The van der Waals surface area contributed by atoms with Crippen molar-refractivity contribution in [3.63, 3.8) is 0 Å². The van der Waals surface area contributed by atoms with Gasteiger partial charge in [-0.05, 0) is 33.5 Å². The highest BCUT2D eigenvalue weighted by Gasteiger charge is 2.63. The third-order valence-corrected chi connectivity index (χ3v) is 7.22. The van der Waals surface area contributed by atoms with Gasteiger partial charge in [-0.1, -0.05) is 11.6 Å². The molecule has 0 unspecified atom stereocenters. The molecule has 1 saturated carbocycles. The number of fused-ring (bicyclic) bond motifs is 2. The molecule has 3 fully saturated rings. The molecule has 2 saturated heterocycles. The van der Waals surface area contributed by atoms with Gasteiger partial charge < -0.3 is 50.2 Å². The van der Waals surface area contributed by atoms with Crippen molar-refractivity contribution in [2.24, 2.45) is 0 Å². The van der Waals surface area contributed by atoms with E-state index in [0.717, 1.165) is 0 Å². The zero-order valence-corrected chi connectivity index (χ0v) is 20.7. The zero-order chi connectivity index (χ0) is 25.5. The molecule has 10 atom stereocenters. The number of rotatable bonds is 6. The minimum atomic E-state index is -2.06. The lowest BCUT2D eigenvalue weighted by Gasteiger charge is -2.58. The molecule has 13 heteroatoms. The Balaban J connectivity index is 1.54. The highest BCUT2D eigenvalue weighted by atomic mass is 35.5. The second-order valence-electron chi connectivity index (χ2n) is 9.17. The van der Waals surface area contributed by atoms with Crippen LogP contribution in [0.5, 0.6) is 5.75 Å². The normalized spacial score (nSPS) is 41.0. The van der Waals surface area contributed by atoms with Crippen LogP contribution in [0.4, 0.5) is 0 Å². The van der Waals surface area contributed by atoms with Crippen LogP contribution in [0, 0.1) is 0 Å². The summed E-state index contributed by atoms with van der Waals surface area (Å²) in [6, 6.07) is -0.724. The molecule has 3 aliphatic rings. The predicted octanol–water partition coefficient (Wildman–Crippen LogP) is -1.71. The number of amides is 1. The number of ether oxygens (including phenoxy) is 4. The molecule has 2 aliphatic heterocycles. The third-order valence-electron chi connectivity index (χ3n) is 6.92. The average Bonchev–Trinajstić information content (AvgIpc) is 2.80. The number of hydrogen-bond donors (Lipinski definition) is 6. The van der Waals surface area contributed by atoms with Gasteiger partial charge in [0.15, 0.2) is 5.75 Å². The molecule has 1 aromatic heterocycles. The molecule has 35 heavy (non-hydrogen) atoms. The Labute approximate surface area is 208 Å². The van der Waals surface area contributed by atoms with Crippen LogP contribution in [0.1, 0.15) is 19.0 Å². The number of pyridine rings is 1. The van der Waals surface area contributed by atoms with E-state index in [0.29, 0.717) is 16.5 Å². The standard InChI is InChI=1S/C22H33ClN4O8/c1-9-5-13(27-14(28)7-10-6-11(23)12(32-4)8-26-10)22(31)21(33-9)34-20-18(30)15(24-2)17(29)16(25-3)19(20)35-22/h6,8-9,13,15-21,24-25,29-31H,5,7H2,1-4H3,(H,27,28)/t9-,13-,15-,16+,17+,18+,19-,20-,21+,22+/m1/s1. The van der Waals surface area contributed by atoms with Crippen molar-refractivity contribution in [1.29, 1.82) is 0 Å². The van der Waals surface area contributed by atoms with Crippen molar-refractivity contribution in [2.75, 3.05) is 21.2 Å². The summed E-state index contributed by atoms with van der Waals surface area (Å²) in [5.41, 5.74) is 0.421. The summed E-state index contributed by atoms with van der Waals surface area (Å²) < 4.78 is 23.0. The van der Waals surface area contributed by atoms with Gasteiger partial charge >= 0.3 is 0 Å². The fraction of sp³-hybridized carbons (Fsp3) is 0.727. The van der Waals surface area contributed by atoms with E-state index in [1.165, 1.54) is 19.4 Å². The van der Waals surface area contributed by atoms with E-state index in [4.69, 9.17) is 30.5 Å². The van der Waals surface area contributed by atoms with Gasteiger partial charge in [-0.15, -0.1) is 0 Å². The second kappa shape index (κ2) is 10.4. The topological polar surface area (TPSA) is 164 Å². The molecular formula is C22H33ClN4O8. The molecule has 1 aromatic rings. The summed E-state index contributed by atoms with van der Waals surface area (Å²) in [7, 11) is 4.73. The number of nitrogens with zero attached hydrogens (tertiary/aromatic N) is 1. The quantitative estimate of drug-likeness (QED) is 0.255. The second-order valence-corrected chi connectivity index (χ2v) is 9.57. The number of methoxy groups -OCH3 is 1. The number of likely N-dealkylation sites (N-methyl/N-ethyl adjacent to an activating group) is 2. The van der Waals surface area contributed by atoms with E-state index in [-0.39, 0.29) is 18.9 Å². The first kappa shape index (κ1) is 26.5. The maximum atomic E-state index is 12.9. The molecule has 3 heterocycles. The molecule has 1 amide bonds. The molecule has 12 nitrogen and oxygen atoms in total. The van der Waals surface area contributed by atoms with Crippen LogP contribution in [0.25, 0.3) is 0 Å². The summed E-state index contributed by atoms with van der Waals surface area (Å²) in [4.78, 5) is 17.1. The van der Waals surface area contributed by atoms with Crippen LogP contribution in [-0.2, 0) is 25.4 Å². The van der Waals surface area contributed by atoms with Crippen LogP contribution >= 0.6 is 11.6 Å². The number of aliphatic hydroxyl groups excluding tert-OH is 2. The van der Waals surface area contributed by atoms with Gasteiger partial charge in [-0.2, -0.15) is 0 Å². The monoisotopic (exact) mass is 516 g/mol. The first-order valence-electron chi connectivity index (χ1n) is 11.5. The molecule has 6 N–H and O–H groups in total. The highest BCUT2D eigenvalue weighted by Crippen LogP contribution is 2.42. The average molecular weight is 517 g/mol. The fourth-order valence-corrected chi connectivity index (χ4v) is 5.38. The lowest BCUT2D eigenvalue weighted by Crippen LogP contribution is -2.79. The lowest BCUT2D eigenvalue weighted by atomic mass is 9.79. The number of carbonyl (C=O) groups is 1. The summed E-state index contributed by atoms with van der Waals surface area (Å²) in [6.07, 6.45) is -4.06. The van der Waals surface area contributed by atoms with Crippen LogP contribution < -0.4 is 20.7 Å². The molecular weight excluding hydrogens is 484 g/mol. The van der Waals surface area contributed by atoms with Crippen molar-refractivity contribution in [2.45, 2.75) is 80.5 Å². The maximum absolute atomic E-state index is 12.9. The van der Waals surface area contributed by atoms with Crippen molar-refractivity contribution in [1.82, 2.24) is 20.9 Å². The Hall–Kier alpha value is -1.61. The van der Waals surface area contributed by atoms with Gasteiger partial charge in [-0.25, -0.2) is 0 Å². The van der Waals surface area contributed by atoms with Gasteiger partial charge in [-0.3, -0.25) is 9.78 Å². The first-order chi connectivity index (χ1) is 16.6.